The van der Waals surface area contributed by atoms with E-state index in [0.717, 1.165) is 42.7 Å². The fraction of sp³-hybridized carbons (Fsp3) is 0.390. The van der Waals surface area contributed by atoms with Crippen molar-refractivity contribution in [3.05, 3.63) is 91.6 Å². The Hall–Kier alpha value is -6.67. The van der Waals surface area contributed by atoms with Crippen LogP contribution in [0.25, 0.3) is 11.0 Å². The van der Waals surface area contributed by atoms with E-state index in [0.29, 0.717) is 48.6 Å². The highest BCUT2D eigenvalue weighted by molar-refractivity contribution is 7.19. The predicted octanol–water partition coefficient (Wildman–Crippen LogP) is 5.57. The summed E-state index contributed by atoms with van der Waals surface area (Å²) in [6, 6.07) is 10.1. The fourth-order valence-corrected chi connectivity index (χ4v) is 8.42. The number of aromatic nitrogens is 5. The Morgan fingerprint density at radius 1 is 0.934 bits per heavy atom. The molecule has 0 unspecified atom stereocenters. The molecule has 0 bridgehead atoms. The maximum Gasteiger partial charge on any atom is 0.348 e. The van der Waals surface area contributed by atoms with Crippen LogP contribution in [0.15, 0.2) is 53.6 Å². The molecule has 1 aromatic carbocycles. The number of Topliss-reactive ketones (excluding diaryl/α,β-unsaturated/α-hetero) is 1. The van der Waals surface area contributed by atoms with Crippen LogP contribution in [0.3, 0.4) is 0 Å². The van der Waals surface area contributed by atoms with Gasteiger partial charge in [-0.3, -0.25) is 44.0 Å². The van der Waals surface area contributed by atoms with E-state index in [1.165, 1.54) is 19.9 Å². The number of hydrogen-bond donors (Lipinski definition) is 3. The molecular formula is C41H45N11O8S. The Labute approximate surface area is 353 Å². The van der Waals surface area contributed by atoms with Gasteiger partial charge in [0.1, 0.15) is 17.2 Å². The molecule has 20 heteroatoms. The van der Waals surface area contributed by atoms with Gasteiger partial charge in [0.15, 0.2) is 10.9 Å². The van der Waals surface area contributed by atoms with Gasteiger partial charge in [0, 0.05) is 43.8 Å². The molecule has 318 valence electrons. The van der Waals surface area contributed by atoms with Crippen molar-refractivity contribution in [2.24, 2.45) is 0 Å². The molecule has 0 radical (unpaired) electrons. The lowest BCUT2D eigenvalue weighted by Gasteiger charge is -2.36. The smallest absolute Gasteiger partial charge is 0.348 e. The normalized spacial score (nSPS) is 14.3. The Balaban J connectivity index is 0.847. The van der Waals surface area contributed by atoms with E-state index < -0.39 is 16.7 Å². The SMILES string of the molecule is CC(=O)c1c(C)c2cnc(Nc3ccc(N4CCN(C(=O)CCOCCC(=O)Nc5ccccc5C(=O)Nc5nc(C)c([N+](=O)[O-])s5)CC4)cn3)nc2n(C2CCCC2)c1=O. The topological polar surface area (TPSA) is 237 Å². The summed E-state index contributed by atoms with van der Waals surface area (Å²) >= 11 is 0.746. The molecule has 5 heterocycles. The van der Waals surface area contributed by atoms with Crippen LogP contribution in [0.5, 0.6) is 0 Å². The molecule has 1 aliphatic carbocycles. The van der Waals surface area contributed by atoms with Crippen molar-refractivity contribution >= 4 is 79.1 Å². The number of ketones is 1. The zero-order chi connectivity index (χ0) is 43.2. The number of carbonyl (C=O) groups excluding carboxylic acids is 4. The molecule has 19 nitrogen and oxygen atoms in total. The van der Waals surface area contributed by atoms with Gasteiger partial charge in [-0.1, -0.05) is 25.0 Å². The van der Waals surface area contributed by atoms with Crippen LogP contribution in [0.4, 0.5) is 33.3 Å². The Bertz CT molecular complexity index is 2550. The van der Waals surface area contributed by atoms with Crippen molar-refractivity contribution in [1.29, 1.82) is 0 Å². The molecule has 0 spiro atoms. The number of anilines is 5. The summed E-state index contributed by atoms with van der Waals surface area (Å²) in [5.41, 5.74) is 2.46. The maximum absolute atomic E-state index is 13.5. The molecule has 7 rings (SSSR count). The first kappa shape index (κ1) is 42.5. The average Bonchev–Trinajstić information content (AvgIpc) is 3.91. The highest BCUT2D eigenvalue weighted by atomic mass is 32.1. The lowest BCUT2D eigenvalue weighted by atomic mass is 10.0. The van der Waals surface area contributed by atoms with Crippen LogP contribution in [0.2, 0.25) is 0 Å². The number of rotatable bonds is 15. The maximum atomic E-state index is 13.5. The van der Waals surface area contributed by atoms with E-state index in [9.17, 15) is 34.1 Å². The van der Waals surface area contributed by atoms with Gasteiger partial charge >= 0.3 is 5.00 Å². The summed E-state index contributed by atoms with van der Waals surface area (Å²) in [6.45, 7) is 7.12. The molecule has 3 amide bonds. The highest BCUT2D eigenvalue weighted by Crippen LogP contribution is 2.33. The van der Waals surface area contributed by atoms with E-state index >= 15 is 0 Å². The zero-order valence-electron chi connectivity index (χ0n) is 33.9. The second kappa shape index (κ2) is 18.7. The Morgan fingerprint density at radius 2 is 1.67 bits per heavy atom. The van der Waals surface area contributed by atoms with Gasteiger partial charge in [0.25, 0.3) is 11.5 Å². The van der Waals surface area contributed by atoms with Crippen molar-refractivity contribution in [2.45, 2.75) is 65.3 Å². The lowest BCUT2D eigenvalue weighted by molar-refractivity contribution is -0.380. The highest BCUT2D eigenvalue weighted by Gasteiger charge is 2.27. The van der Waals surface area contributed by atoms with Crippen molar-refractivity contribution < 1.29 is 28.8 Å². The molecule has 2 fully saturated rings. The van der Waals surface area contributed by atoms with Gasteiger partial charge in [-0.25, -0.2) is 15.0 Å². The van der Waals surface area contributed by atoms with Crippen LogP contribution in [0.1, 0.15) is 83.5 Å². The second-order valence-electron chi connectivity index (χ2n) is 14.8. The standard InChI is InChI=1S/C41H45N11O8S/c1-24-30-23-43-40(47-36(30)51(27-8-4-5-9-27)38(57)35(24)26(3)53)46-32-13-12-28(22-42-32)49-16-18-50(19-17-49)34(55)15-21-60-20-14-33(54)45-31-11-7-6-10-29(31)37(56)48-41-44-25(2)39(61-41)52(58)59/h6-7,10-13,22-23,27H,4-5,8-9,14-21H2,1-3H3,(H,45,54)(H,44,48,56)(H,42,43,46,47). The number of hydrogen-bond acceptors (Lipinski definition) is 15. The van der Waals surface area contributed by atoms with Crippen molar-refractivity contribution in [2.75, 3.05) is 60.2 Å². The van der Waals surface area contributed by atoms with Crippen LogP contribution < -0.4 is 26.4 Å². The van der Waals surface area contributed by atoms with Crippen molar-refractivity contribution in [1.82, 2.24) is 29.4 Å². The number of amides is 3. The van der Waals surface area contributed by atoms with E-state index in [1.807, 2.05) is 12.1 Å². The molecule has 3 N–H and O–H groups in total. The number of carbonyl (C=O) groups is 4. The largest absolute Gasteiger partial charge is 0.380 e. The summed E-state index contributed by atoms with van der Waals surface area (Å²) in [4.78, 5) is 96.9. The van der Waals surface area contributed by atoms with Crippen molar-refractivity contribution in [3.8, 4) is 0 Å². The number of aryl methyl sites for hydroxylation is 2. The Kier molecular flexibility index (Phi) is 13.0. The first-order valence-electron chi connectivity index (χ1n) is 20.0. The molecule has 61 heavy (non-hydrogen) atoms. The van der Waals surface area contributed by atoms with Crippen LogP contribution >= 0.6 is 11.3 Å². The fourth-order valence-electron chi connectivity index (χ4n) is 7.65. The molecule has 0 atom stereocenters. The van der Waals surface area contributed by atoms with Crippen LogP contribution in [0, 0.1) is 24.0 Å². The molecule has 1 saturated carbocycles. The number of ether oxygens (including phenoxy) is 1. The summed E-state index contributed by atoms with van der Waals surface area (Å²) in [5.74, 6) is -0.486. The van der Waals surface area contributed by atoms with Crippen LogP contribution in [-0.4, -0.2) is 97.2 Å². The quantitative estimate of drug-likeness (QED) is 0.0506. The van der Waals surface area contributed by atoms with Gasteiger partial charge in [0.2, 0.25) is 17.8 Å². The van der Waals surface area contributed by atoms with Gasteiger partial charge in [0.05, 0.1) is 59.7 Å². The molecular weight excluding hydrogens is 807 g/mol. The minimum atomic E-state index is -0.582. The minimum absolute atomic E-state index is 0.0102. The van der Waals surface area contributed by atoms with Crippen molar-refractivity contribution in [3.63, 3.8) is 0 Å². The first-order valence-corrected chi connectivity index (χ1v) is 20.8. The van der Waals surface area contributed by atoms with E-state index in [1.54, 1.807) is 47.0 Å². The van der Waals surface area contributed by atoms with Gasteiger partial charge in [-0.05, 0) is 74.8 Å². The van der Waals surface area contributed by atoms with Gasteiger partial charge in [-0.2, -0.15) is 4.98 Å². The average molecular weight is 852 g/mol. The molecule has 4 aromatic heterocycles. The lowest BCUT2D eigenvalue weighted by Crippen LogP contribution is -2.49. The third kappa shape index (κ3) is 9.70. The number of pyridine rings is 2. The third-order valence-corrected chi connectivity index (χ3v) is 11.8. The van der Waals surface area contributed by atoms with Gasteiger partial charge < -0.3 is 25.2 Å². The molecule has 5 aromatic rings. The zero-order valence-corrected chi connectivity index (χ0v) is 34.7. The number of para-hydroxylation sites is 1. The summed E-state index contributed by atoms with van der Waals surface area (Å²) in [7, 11) is 0. The van der Waals surface area contributed by atoms with Crippen LogP contribution in [-0.2, 0) is 14.3 Å². The third-order valence-electron chi connectivity index (χ3n) is 10.8. The Morgan fingerprint density at radius 3 is 2.36 bits per heavy atom. The molecule has 1 aliphatic heterocycles. The number of benzene rings is 1. The second-order valence-corrected chi connectivity index (χ2v) is 15.8. The number of piperazine rings is 1. The summed E-state index contributed by atoms with van der Waals surface area (Å²) in [5, 5.41) is 20.1. The number of nitrogens with zero attached hydrogens (tertiary/aromatic N) is 8. The molecule has 1 saturated heterocycles. The number of nitro groups is 1. The molecule has 2 aliphatic rings. The van der Waals surface area contributed by atoms with E-state index in [-0.39, 0.29) is 87.9 Å². The van der Waals surface area contributed by atoms with E-state index in [2.05, 4.69) is 35.8 Å². The summed E-state index contributed by atoms with van der Waals surface area (Å²) < 4.78 is 7.28. The van der Waals surface area contributed by atoms with E-state index in [4.69, 9.17) is 9.72 Å². The number of fused-ring (bicyclic) bond motifs is 1. The van der Waals surface area contributed by atoms with Gasteiger partial charge in [-0.15, -0.1) is 0 Å². The summed E-state index contributed by atoms with van der Waals surface area (Å²) in [6.07, 6.45) is 7.27. The number of nitrogens with one attached hydrogen (secondary N) is 3. The number of thiazole rings is 1. The monoisotopic (exact) mass is 851 g/mol. The predicted molar refractivity (Wildman–Crippen MR) is 229 cm³/mol. The first-order chi connectivity index (χ1) is 29.4. The minimum Gasteiger partial charge on any atom is -0.380 e.